The first-order chi connectivity index (χ1) is 10.7. The summed E-state index contributed by atoms with van der Waals surface area (Å²) in [5.41, 5.74) is 4.26. The fourth-order valence-corrected chi connectivity index (χ4v) is 4.67. The largest absolute Gasteiger partial charge is 0.334 e. The molecule has 132 valence electrons. The minimum atomic E-state index is -2.99. The predicted octanol–water partition coefficient (Wildman–Crippen LogP) is 6.28. The van der Waals surface area contributed by atoms with Crippen molar-refractivity contribution in [2.45, 2.75) is 60.8 Å². The second-order valence-electron chi connectivity index (χ2n) is 6.84. The van der Waals surface area contributed by atoms with E-state index in [4.69, 9.17) is 9.05 Å². The molecule has 0 spiro atoms. The molecule has 0 amide bonds. The van der Waals surface area contributed by atoms with Crippen LogP contribution in [0.3, 0.4) is 0 Å². The van der Waals surface area contributed by atoms with Gasteiger partial charge in [0.05, 0.1) is 19.4 Å². The molecule has 0 fully saturated rings. The van der Waals surface area contributed by atoms with Gasteiger partial charge in [-0.2, -0.15) is 0 Å². The molecule has 0 aromatic heterocycles. The Balaban J connectivity index is 2.81. The average molecular weight is 340 g/mol. The van der Waals surface area contributed by atoms with Crippen molar-refractivity contribution in [3.63, 3.8) is 0 Å². The van der Waals surface area contributed by atoms with Crippen molar-refractivity contribution in [2.75, 3.05) is 19.4 Å². The molecule has 0 bridgehead atoms. The molecule has 0 atom stereocenters. The number of rotatable bonds is 8. The van der Waals surface area contributed by atoms with Gasteiger partial charge in [0.1, 0.15) is 0 Å². The maximum absolute atomic E-state index is 12.5. The third-order valence-corrected chi connectivity index (χ3v) is 6.28. The lowest BCUT2D eigenvalue weighted by molar-refractivity contribution is 0.222. The minimum absolute atomic E-state index is 0.241. The summed E-state index contributed by atoms with van der Waals surface area (Å²) in [5, 5.41) is 0. The van der Waals surface area contributed by atoms with Crippen molar-refractivity contribution in [1.82, 2.24) is 0 Å². The molecule has 0 N–H and O–H groups in total. The topological polar surface area (TPSA) is 35.5 Å². The van der Waals surface area contributed by atoms with Crippen LogP contribution in [0.1, 0.15) is 60.8 Å². The van der Waals surface area contributed by atoms with Crippen molar-refractivity contribution < 1.29 is 13.6 Å². The van der Waals surface area contributed by atoms with Crippen molar-refractivity contribution in [2.24, 2.45) is 5.41 Å². The second kappa shape index (κ2) is 9.01. The van der Waals surface area contributed by atoms with E-state index < -0.39 is 7.60 Å². The Hall–Kier alpha value is -0.630. The average Bonchev–Trinajstić information content (AvgIpc) is 2.44. The smallest absolute Gasteiger partial charge is 0.309 e. The third-order valence-electron chi connectivity index (χ3n) is 4.34. The molecule has 1 aliphatic carbocycles. The monoisotopic (exact) mass is 340 g/mol. The third kappa shape index (κ3) is 6.41. The highest BCUT2D eigenvalue weighted by Crippen LogP contribution is 2.48. The van der Waals surface area contributed by atoms with E-state index in [1.165, 1.54) is 30.4 Å². The Kier molecular flexibility index (Phi) is 8.00. The zero-order valence-corrected chi connectivity index (χ0v) is 16.5. The standard InChI is InChI=1S/C19H33O3P/c1-7-21-23(20,22-8-2)15-13-16(3)11-12-18-17(4)10-9-14-19(18,5)6/h11-13H,7-10,14-15H2,1-6H3/b12-11+,16-13+. The zero-order chi connectivity index (χ0) is 17.5. The highest BCUT2D eigenvalue weighted by atomic mass is 31.2. The van der Waals surface area contributed by atoms with Crippen LogP contribution in [0, 0.1) is 5.41 Å². The van der Waals surface area contributed by atoms with Crippen LogP contribution in [0.15, 0.2) is 34.9 Å². The van der Waals surface area contributed by atoms with Gasteiger partial charge in [0.2, 0.25) is 0 Å². The Morgan fingerprint density at radius 1 is 1.26 bits per heavy atom. The van der Waals surface area contributed by atoms with Crippen LogP contribution in [-0.4, -0.2) is 19.4 Å². The SMILES string of the molecule is CCOP(=O)(C/C=C(C)/C=C/C1=C(C)CCCC1(C)C)OCC. The quantitative estimate of drug-likeness (QED) is 0.385. The number of hydrogen-bond donors (Lipinski definition) is 0. The van der Waals surface area contributed by atoms with E-state index in [-0.39, 0.29) is 5.41 Å². The fraction of sp³-hybridized carbons (Fsp3) is 0.684. The van der Waals surface area contributed by atoms with E-state index in [1.807, 2.05) is 26.8 Å². The van der Waals surface area contributed by atoms with Crippen molar-refractivity contribution in [1.29, 1.82) is 0 Å². The van der Waals surface area contributed by atoms with Gasteiger partial charge in [-0.05, 0) is 57.9 Å². The molecule has 0 saturated heterocycles. The normalized spacial score (nSPS) is 19.7. The Labute approximate surface area is 142 Å². The molecule has 0 aromatic carbocycles. The van der Waals surface area contributed by atoms with E-state index in [2.05, 4.69) is 32.9 Å². The Bertz CT molecular complexity index is 517. The molecule has 3 nitrogen and oxygen atoms in total. The summed E-state index contributed by atoms with van der Waals surface area (Å²) >= 11 is 0. The summed E-state index contributed by atoms with van der Waals surface area (Å²) in [4.78, 5) is 0. The van der Waals surface area contributed by atoms with E-state index in [1.54, 1.807) is 0 Å². The second-order valence-corrected chi connectivity index (χ2v) is 8.95. The summed E-state index contributed by atoms with van der Waals surface area (Å²) in [6.07, 6.45) is 10.3. The van der Waals surface area contributed by atoms with Crippen LogP contribution >= 0.6 is 7.60 Å². The van der Waals surface area contributed by atoms with Gasteiger partial charge >= 0.3 is 7.60 Å². The first-order valence-electron chi connectivity index (χ1n) is 8.67. The lowest BCUT2D eigenvalue weighted by Gasteiger charge is -2.33. The van der Waals surface area contributed by atoms with Gasteiger partial charge in [-0.3, -0.25) is 4.57 Å². The van der Waals surface area contributed by atoms with Gasteiger partial charge in [-0.1, -0.05) is 43.2 Å². The molecule has 0 heterocycles. The Morgan fingerprint density at radius 3 is 2.39 bits per heavy atom. The van der Waals surface area contributed by atoms with Crippen LogP contribution in [0.5, 0.6) is 0 Å². The molecule has 0 aliphatic heterocycles. The maximum atomic E-state index is 12.5. The number of hydrogen-bond acceptors (Lipinski definition) is 3. The maximum Gasteiger partial charge on any atom is 0.334 e. The summed E-state index contributed by atoms with van der Waals surface area (Å²) in [5.74, 6) is 0. The summed E-state index contributed by atoms with van der Waals surface area (Å²) in [7, 11) is -2.99. The Morgan fingerprint density at radius 2 is 1.87 bits per heavy atom. The number of allylic oxidation sites excluding steroid dienone is 6. The van der Waals surface area contributed by atoms with Gasteiger partial charge in [0.25, 0.3) is 0 Å². The molecular formula is C19H33O3P. The molecule has 23 heavy (non-hydrogen) atoms. The highest BCUT2D eigenvalue weighted by Gasteiger charge is 2.26. The van der Waals surface area contributed by atoms with E-state index >= 15 is 0 Å². The van der Waals surface area contributed by atoms with Gasteiger partial charge in [0.15, 0.2) is 0 Å². The van der Waals surface area contributed by atoms with Gasteiger partial charge < -0.3 is 9.05 Å². The molecule has 0 radical (unpaired) electrons. The van der Waals surface area contributed by atoms with Crippen LogP contribution in [0.4, 0.5) is 0 Å². The summed E-state index contributed by atoms with van der Waals surface area (Å²) in [6, 6.07) is 0. The van der Waals surface area contributed by atoms with Crippen LogP contribution in [0.2, 0.25) is 0 Å². The van der Waals surface area contributed by atoms with Crippen LogP contribution in [-0.2, 0) is 13.6 Å². The van der Waals surface area contributed by atoms with E-state index in [0.717, 1.165) is 5.57 Å². The molecule has 0 saturated carbocycles. The van der Waals surface area contributed by atoms with E-state index in [0.29, 0.717) is 19.4 Å². The summed E-state index contributed by atoms with van der Waals surface area (Å²) in [6.45, 7) is 13.4. The molecule has 0 unspecified atom stereocenters. The van der Waals surface area contributed by atoms with Crippen molar-refractivity contribution in [3.8, 4) is 0 Å². The van der Waals surface area contributed by atoms with Crippen molar-refractivity contribution >= 4 is 7.60 Å². The molecule has 4 heteroatoms. The molecule has 0 aromatic rings. The summed E-state index contributed by atoms with van der Waals surface area (Å²) < 4.78 is 23.1. The van der Waals surface area contributed by atoms with Crippen LogP contribution < -0.4 is 0 Å². The zero-order valence-electron chi connectivity index (χ0n) is 15.6. The fourth-order valence-electron chi connectivity index (χ4n) is 3.09. The van der Waals surface area contributed by atoms with Gasteiger partial charge in [-0.25, -0.2) is 0 Å². The van der Waals surface area contributed by atoms with Crippen molar-refractivity contribution in [3.05, 3.63) is 34.9 Å². The molecule has 1 aliphatic rings. The van der Waals surface area contributed by atoms with Gasteiger partial charge in [0, 0.05) is 0 Å². The predicted molar refractivity (Wildman–Crippen MR) is 99.0 cm³/mol. The molecular weight excluding hydrogens is 307 g/mol. The first-order valence-corrected chi connectivity index (χ1v) is 10.4. The lowest BCUT2D eigenvalue weighted by atomic mass is 9.72. The molecule has 1 rings (SSSR count). The first kappa shape index (κ1) is 20.4. The lowest BCUT2D eigenvalue weighted by Crippen LogP contribution is -2.19. The van der Waals surface area contributed by atoms with Gasteiger partial charge in [-0.15, -0.1) is 0 Å². The highest BCUT2D eigenvalue weighted by molar-refractivity contribution is 7.54. The van der Waals surface area contributed by atoms with Crippen LogP contribution in [0.25, 0.3) is 0 Å². The van der Waals surface area contributed by atoms with E-state index in [9.17, 15) is 4.57 Å². The minimum Gasteiger partial charge on any atom is -0.309 e.